The summed E-state index contributed by atoms with van der Waals surface area (Å²) in [6, 6.07) is 17.5. The minimum Gasteiger partial charge on any atom is -0.383 e. The van der Waals surface area contributed by atoms with Crippen molar-refractivity contribution in [2.45, 2.75) is 13.0 Å². The molecule has 2 aromatic carbocycles. The molecule has 2 heterocycles. The molecule has 29 heavy (non-hydrogen) atoms. The van der Waals surface area contributed by atoms with Gasteiger partial charge in [-0.2, -0.15) is 5.10 Å². The first kappa shape index (κ1) is 19.1. The Morgan fingerprint density at radius 1 is 1.03 bits per heavy atom. The summed E-state index contributed by atoms with van der Waals surface area (Å²) in [6.07, 6.45) is 3.44. The average molecular weight is 405 g/mol. The number of rotatable bonds is 5. The van der Waals surface area contributed by atoms with Crippen molar-refractivity contribution in [2.24, 2.45) is 5.73 Å². The molecule has 0 aliphatic carbocycles. The SMILES string of the molecule is Cc1nn(C(CN)c2ccccc2)cc1-c1ncnc(N)c1-c1ccc(Cl)cc1. The molecule has 6 nitrogen and oxygen atoms in total. The van der Waals surface area contributed by atoms with E-state index in [0.29, 0.717) is 17.4 Å². The second-order valence-corrected chi connectivity index (χ2v) is 7.20. The molecule has 0 amide bonds. The van der Waals surface area contributed by atoms with E-state index in [9.17, 15) is 0 Å². The maximum Gasteiger partial charge on any atom is 0.135 e. The molecule has 0 spiro atoms. The lowest BCUT2D eigenvalue weighted by atomic mass is 10.0. The predicted molar refractivity (Wildman–Crippen MR) is 116 cm³/mol. The van der Waals surface area contributed by atoms with Gasteiger partial charge >= 0.3 is 0 Å². The van der Waals surface area contributed by atoms with Gasteiger partial charge in [-0.15, -0.1) is 0 Å². The van der Waals surface area contributed by atoms with E-state index in [0.717, 1.165) is 33.6 Å². The highest BCUT2D eigenvalue weighted by Gasteiger charge is 2.20. The van der Waals surface area contributed by atoms with Crippen LogP contribution in [0.5, 0.6) is 0 Å². The Labute approximate surface area is 174 Å². The molecule has 7 heteroatoms. The molecule has 0 saturated carbocycles. The highest BCUT2D eigenvalue weighted by molar-refractivity contribution is 6.30. The Bertz CT molecular complexity index is 1120. The van der Waals surface area contributed by atoms with E-state index >= 15 is 0 Å². The second-order valence-electron chi connectivity index (χ2n) is 6.76. The number of aromatic nitrogens is 4. The van der Waals surface area contributed by atoms with Gasteiger partial charge in [0.05, 0.1) is 23.0 Å². The van der Waals surface area contributed by atoms with E-state index in [1.807, 2.05) is 60.3 Å². The van der Waals surface area contributed by atoms with Crippen LogP contribution in [-0.2, 0) is 0 Å². The van der Waals surface area contributed by atoms with Gasteiger partial charge in [-0.25, -0.2) is 9.97 Å². The highest BCUT2D eigenvalue weighted by atomic mass is 35.5. The van der Waals surface area contributed by atoms with Crippen LogP contribution in [0.4, 0.5) is 5.82 Å². The maximum atomic E-state index is 6.23. The summed E-state index contributed by atoms with van der Waals surface area (Å²) in [6.45, 7) is 2.38. The van der Waals surface area contributed by atoms with Gasteiger partial charge in [0.25, 0.3) is 0 Å². The number of hydrogen-bond acceptors (Lipinski definition) is 5. The van der Waals surface area contributed by atoms with Crippen molar-refractivity contribution in [3.8, 4) is 22.4 Å². The Hall–Kier alpha value is -3.22. The molecule has 4 N–H and O–H groups in total. The zero-order valence-corrected chi connectivity index (χ0v) is 16.7. The minimum absolute atomic E-state index is 0.0678. The molecule has 4 rings (SSSR count). The van der Waals surface area contributed by atoms with Gasteiger partial charge in [0.15, 0.2) is 0 Å². The molecule has 0 bridgehead atoms. The van der Waals surface area contributed by atoms with E-state index in [1.165, 1.54) is 6.33 Å². The first-order valence-electron chi connectivity index (χ1n) is 9.26. The van der Waals surface area contributed by atoms with Gasteiger partial charge < -0.3 is 11.5 Å². The molecule has 0 aliphatic rings. The summed E-state index contributed by atoms with van der Waals surface area (Å²) < 4.78 is 1.89. The fourth-order valence-corrected chi connectivity index (χ4v) is 3.58. The van der Waals surface area contributed by atoms with Crippen molar-refractivity contribution in [1.82, 2.24) is 19.7 Å². The van der Waals surface area contributed by atoms with E-state index in [1.54, 1.807) is 0 Å². The normalized spacial score (nSPS) is 12.1. The molecule has 0 aliphatic heterocycles. The summed E-state index contributed by atoms with van der Waals surface area (Å²) in [4.78, 5) is 8.72. The van der Waals surface area contributed by atoms with Crippen LogP contribution in [0.15, 0.2) is 67.1 Å². The first-order valence-corrected chi connectivity index (χ1v) is 9.64. The number of aryl methyl sites for hydroxylation is 1. The number of benzene rings is 2. The summed E-state index contributed by atoms with van der Waals surface area (Å²) in [5.41, 5.74) is 17.5. The third-order valence-corrected chi connectivity index (χ3v) is 5.16. The lowest BCUT2D eigenvalue weighted by Crippen LogP contribution is -2.20. The second kappa shape index (κ2) is 8.03. The van der Waals surface area contributed by atoms with E-state index < -0.39 is 0 Å². The maximum absolute atomic E-state index is 6.23. The number of nitrogen functional groups attached to an aromatic ring is 1. The zero-order chi connectivity index (χ0) is 20.4. The third-order valence-electron chi connectivity index (χ3n) is 4.91. The van der Waals surface area contributed by atoms with Crippen molar-refractivity contribution < 1.29 is 0 Å². The van der Waals surface area contributed by atoms with Crippen LogP contribution in [0.1, 0.15) is 17.3 Å². The Morgan fingerprint density at radius 3 is 2.45 bits per heavy atom. The largest absolute Gasteiger partial charge is 0.383 e. The summed E-state index contributed by atoms with van der Waals surface area (Å²) >= 11 is 6.05. The number of nitrogens with two attached hydrogens (primary N) is 2. The number of halogens is 1. The molecular weight excluding hydrogens is 384 g/mol. The Balaban J connectivity index is 1.83. The number of hydrogen-bond donors (Lipinski definition) is 2. The monoisotopic (exact) mass is 404 g/mol. The van der Waals surface area contributed by atoms with Crippen LogP contribution in [-0.4, -0.2) is 26.3 Å². The van der Waals surface area contributed by atoms with Crippen molar-refractivity contribution in [3.05, 3.63) is 83.4 Å². The lowest BCUT2D eigenvalue weighted by molar-refractivity contribution is 0.529. The molecule has 1 unspecified atom stereocenters. The quantitative estimate of drug-likeness (QED) is 0.522. The fourth-order valence-electron chi connectivity index (χ4n) is 3.45. The molecule has 4 aromatic rings. The molecule has 0 radical (unpaired) electrons. The zero-order valence-electron chi connectivity index (χ0n) is 16.0. The third kappa shape index (κ3) is 3.72. The van der Waals surface area contributed by atoms with Crippen molar-refractivity contribution in [2.75, 3.05) is 12.3 Å². The number of nitrogens with zero attached hydrogens (tertiary/aromatic N) is 4. The smallest absolute Gasteiger partial charge is 0.135 e. The van der Waals surface area contributed by atoms with E-state index in [-0.39, 0.29) is 6.04 Å². The number of anilines is 1. The summed E-state index contributed by atoms with van der Waals surface area (Å²) in [5, 5.41) is 5.38. The lowest BCUT2D eigenvalue weighted by Gasteiger charge is -2.15. The van der Waals surface area contributed by atoms with Crippen molar-refractivity contribution >= 4 is 17.4 Å². The van der Waals surface area contributed by atoms with E-state index in [4.69, 9.17) is 28.2 Å². The Morgan fingerprint density at radius 2 is 1.76 bits per heavy atom. The van der Waals surface area contributed by atoms with E-state index in [2.05, 4.69) is 22.1 Å². The van der Waals surface area contributed by atoms with Gasteiger partial charge in [0.2, 0.25) is 0 Å². The molecular formula is C22H21ClN6. The Kier molecular flexibility index (Phi) is 5.29. The van der Waals surface area contributed by atoms with Crippen LogP contribution in [0.2, 0.25) is 5.02 Å². The van der Waals surface area contributed by atoms with Crippen molar-refractivity contribution in [1.29, 1.82) is 0 Å². The molecule has 146 valence electrons. The van der Waals surface area contributed by atoms with Crippen molar-refractivity contribution in [3.63, 3.8) is 0 Å². The highest BCUT2D eigenvalue weighted by Crippen LogP contribution is 2.36. The molecule has 0 saturated heterocycles. The fraction of sp³-hybridized carbons (Fsp3) is 0.136. The predicted octanol–water partition coefficient (Wildman–Crippen LogP) is 4.10. The average Bonchev–Trinajstić information content (AvgIpc) is 3.11. The standard InChI is InChI=1S/C22H21ClN6/c1-14-18(12-29(28-14)19(11-24)15-5-3-2-4-6-15)21-20(22(25)27-13-26-21)16-7-9-17(23)10-8-16/h2-10,12-13,19H,11,24H2,1H3,(H2,25,26,27). The first-order chi connectivity index (χ1) is 14.1. The molecule has 2 aromatic heterocycles. The van der Waals surface area contributed by atoms with Gasteiger partial charge in [-0.1, -0.05) is 54.1 Å². The van der Waals surface area contributed by atoms with Crippen LogP contribution in [0, 0.1) is 6.92 Å². The van der Waals surface area contributed by atoms with Gasteiger partial charge in [0, 0.05) is 23.3 Å². The summed E-state index contributed by atoms with van der Waals surface area (Å²) in [5.74, 6) is 0.405. The van der Waals surface area contributed by atoms with Crippen LogP contribution in [0.25, 0.3) is 22.4 Å². The van der Waals surface area contributed by atoms with Crippen LogP contribution in [0.3, 0.4) is 0 Å². The van der Waals surface area contributed by atoms with Crippen LogP contribution < -0.4 is 11.5 Å². The van der Waals surface area contributed by atoms with Gasteiger partial charge in [0.1, 0.15) is 12.1 Å². The minimum atomic E-state index is -0.0678. The topological polar surface area (TPSA) is 95.6 Å². The van der Waals surface area contributed by atoms with Gasteiger partial charge in [-0.3, -0.25) is 4.68 Å². The van der Waals surface area contributed by atoms with Gasteiger partial charge in [-0.05, 0) is 30.2 Å². The summed E-state index contributed by atoms with van der Waals surface area (Å²) in [7, 11) is 0. The molecule has 1 atom stereocenters. The van der Waals surface area contributed by atoms with Crippen LogP contribution >= 0.6 is 11.6 Å². The molecule has 0 fully saturated rings.